The molecule has 19 heavy (non-hydrogen) atoms. The van der Waals surface area contributed by atoms with Crippen LogP contribution in [0.15, 0.2) is 23.1 Å². The summed E-state index contributed by atoms with van der Waals surface area (Å²) in [4.78, 5) is 10.8. The second-order valence-corrected chi connectivity index (χ2v) is 5.40. The molecule has 0 spiro atoms. The van der Waals surface area contributed by atoms with Gasteiger partial charge in [0, 0.05) is 0 Å². The van der Waals surface area contributed by atoms with Crippen LogP contribution in [-0.2, 0) is 19.6 Å². The summed E-state index contributed by atoms with van der Waals surface area (Å²) in [6.07, 6.45) is 0.162. The minimum atomic E-state index is -4.12. The van der Waals surface area contributed by atoms with Gasteiger partial charge in [-0.25, -0.2) is 17.2 Å². The molecule has 5 nitrogen and oxygen atoms in total. The molecule has 1 atom stereocenters. The molecule has 0 aliphatic carbocycles. The lowest BCUT2D eigenvalue weighted by atomic mass is 10.2. The number of sulfonamides is 1. The Morgan fingerprint density at radius 2 is 2.00 bits per heavy atom. The summed E-state index contributed by atoms with van der Waals surface area (Å²) in [7, 11) is -3.00. The lowest BCUT2D eigenvalue weighted by Crippen LogP contribution is -2.40. The minimum absolute atomic E-state index is 0.162. The Balaban J connectivity index is 3.03. The van der Waals surface area contributed by atoms with E-state index >= 15 is 0 Å². The van der Waals surface area contributed by atoms with Gasteiger partial charge in [0.25, 0.3) is 0 Å². The summed E-state index contributed by atoms with van der Waals surface area (Å²) in [6.45, 7) is 1.58. The molecule has 0 aliphatic heterocycles. The summed E-state index contributed by atoms with van der Waals surface area (Å²) in [6, 6.07) is 1.07. The highest BCUT2D eigenvalue weighted by atomic mass is 32.2. The standard InChI is InChI=1S/C11H13F2NO4S/c1-3-10(11(15)18-2)14-19(16,17)7-4-5-8(12)9(13)6-7/h4-6,10,14H,3H2,1-2H3. The third-order valence-electron chi connectivity index (χ3n) is 2.39. The number of methoxy groups -OCH3 is 1. The summed E-state index contributed by atoms with van der Waals surface area (Å²) in [5, 5.41) is 0. The number of halogens is 2. The smallest absolute Gasteiger partial charge is 0.323 e. The Hall–Kier alpha value is -1.54. The Kier molecular flexibility index (Phi) is 4.96. The SMILES string of the molecule is CCC(NS(=O)(=O)c1ccc(F)c(F)c1)C(=O)OC. The van der Waals surface area contributed by atoms with Crippen LogP contribution in [0.3, 0.4) is 0 Å². The molecular weight excluding hydrogens is 280 g/mol. The van der Waals surface area contributed by atoms with E-state index < -0.39 is 38.6 Å². The molecule has 1 aromatic carbocycles. The number of benzene rings is 1. The highest BCUT2D eigenvalue weighted by Gasteiger charge is 2.25. The largest absolute Gasteiger partial charge is 0.468 e. The third kappa shape index (κ3) is 3.71. The van der Waals surface area contributed by atoms with Crippen molar-refractivity contribution in [1.82, 2.24) is 4.72 Å². The zero-order valence-corrected chi connectivity index (χ0v) is 11.1. The minimum Gasteiger partial charge on any atom is -0.468 e. The van der Waals surface area contributed by atoms with Crippen LogP contribution in [0.1, 0.15) is 13.3 Å². The molecule has 0 fully saturated rings. The fraction of sp³-hybridized carbons (Fsp3) is 0.364. The van der Waals surface area contributed by atoms with Crippen LogP contribution in [0.25, 0.3) is 0 Å². The number of hydrogen-bond acceptors (Lipinski definition) is 4. The van der Waals surface area contributed by atoms with Crippen LogP contribution < -0.4 is 4.72 Å². The predicted molar refractivity (Wildman–Crippen MR) is 62.8 cm³/mol. The zero-order chi connectivity index (χ0) is 14.6. The van der Waals surface area contributed by atoms with Crippen LogP contribution in [0, 0.1) is 11.6 Å². The van der Waals surface area contributed by atoms with E-state index in [9.17, 15) is 22.0 Å². The van der Waals surface area contributed by atoms with Gasteiger partial charge in [0.15, 0.2) is 11.6 Å². The van der Waals surface area contributed by atoms with Crippen LogP contribution >= 0.6 is 0 Å². The van der Waals surface area contributed by atoms with Crippen molar-refractivity contribution in [1.29, 1.82) is 0 Å². The molecule has 0 heterocycles. The monoisotopic (exact) mass is 293 g/mol. The number of nitrogens with one attached hydrogen (secondary N) is 1. The third-order valence-corrected chi connectivity index (χ3v) is 3.86. The molecule has 0 bridgehead atoms. The van der Waals surface area contributed by atoms with Crippen LogP contribution in [0.4, 0.5) is 8.78 Å². The molecule has 1 unspecified atom stereocenters. The summed E-state index contributed by atoms with van der Waals surface area (Å²) in [5.74, 6) is -3.19. The topological polar surface area (TPSA) is 72.5 Å². The van der Waals surface area contributed by atoms with E-state index in [1.807, 2.05) is 0 Å². The Morgan fingerprint density at radius 3 is 2.47 bits per heavy atom. The first-order chi connectivity index (χ1) is 8.81. The van der Waals surface area contributed by atoms with E-state index in [-0.39, 0.29) is 6.42 Å². The average molecular weight is 293 g/mol. The molecule has 1 rings (SSSR count). The molecule has 0 aromatic heterocycles. The van der Waals surface area contributed by atoms with Gasteiger partial charge < -0.3 is 4.74 Å². The Labute approximate surface area is 109 Å². The summed E-state index contributed by atoms with van der Waals surface area (Å²) < 4.78 is 56.0. The van der Waals surface area contributed by atoms with Gasteiger partial charge in [-0.15, -0.1) is 0 Å². The second kappa shape index (κ2) is 6.07. The number of hydrogen-bond donors (Lipinski definition) is 1. The van der Waals surface area contributed by atoms with Crippen molar-refractivity contribution >= 4 is 16.0 Å². The molecule has 1 N–H and O–H groups in total. The van der Waals surface area contributed by atoms with Crippen LogP contribution in [0.5, 0.6) is 0 Å². The van der Waals surface area contributed by atoms with Crippen molar-refractivity contribution in [2.45, 2.75) is 24.3 Å². The van der Waals surface area contributed by atoms with Crippen molar-refractivity contribution in [3.05, 3.63) is 29.8 Å². The van der Waals surface area contributed by atoms with Crippen molar-refractivity contribution in [3.8, 4) is 0 Å². The van der Waals surface area contributed by atoms with Crippen LogP contribution in [0.2, 0.25) is 0 Å². The van der Waals surface area contributed by atoms with Gasteiger partial charge in [0.05, 0.1) is 12.0 Å². The van der Waals surface area contributed by atoms with Crippen molar-refractivity contribution in [3.63, 3.8) is 0 Å². The zero-order valence-electron chi connectivity index (χ0n) is 10.3. The van der Waals surface area contributed by atoms with Gasteiger partial charge in [0.1, 0.15) is 6.04 Å². The summed E-state index contributed by atoms with van der Waals surface area (Å²) >= 11 is 0. The maximum absolute atomic E-state index is 13.0. The van der Waals surface area contributed by atoms with Gasteiger partial charge in [-0.05, 0) is 24.6 Å². The van der Waals surface area contributed by atoms with Gasteiger partial charge in [-0.1, -0.05) is 6.92 Å². The van der Waals surface area contributed by atoms with Gasteiger partial charge >= 0.3 is 5.97 Å². The van der Waals surface area contributed by atoms with E-state index in [0.717, 1.165) is 13.2 Å². The maximum atomic E-state index is 13.0. The molecule has 0 radical (unpaired) electrons. The van der Waals surface area contributed by atoms with Crippen LogP contribution in [-0.4, -0.2) is 27.5 Å². The molecule has 0 saturated carbocycles. The first kappa shape index (κ1) is 15.5. The number of ether oxygens (including phenoxy) is 1. The number of rotatable bonds is 5. The van der Waals surface area contributed by atoms with E-state index in [1.165, 1.54) is 0 Å². The molecule has 1 aromatic rings. The molecule has 0 aliphatic rings. The second-order valence-electron chi connectivity index (χ2n) is 3.68. The lowest BCUT2D eigenvalue weighted by molar-refractivity contribution is -0.142. The first-order valence-electron chi connectivity index (χ1n) is 5.37. The lowest BCUT2D eigenvalue weighted by Gasteiger charge is -2.14. The van der Waals surface area contributed by atoms with Crippen molar-refractivity contribution < 1.29 is 26.7 Å². The van der Waals surface area contributed by atoms with E-state index in [1.54, 1.807) is 6.92 Å². The summed E-state index contributed by atoms with van der Waals surface area (Å²) in [5.41, 5.74) is 0. The Bertz CT molecular complexity index is 574. The van der Waals surface area contributed by atoms with Gasteiger partial charge in [-0.3, -0.25) is 4.79 Å². The number of esters is 1. The Morgan fingerprint density at radius 1 is 1.37 bits per heavy atom. The van der Waals surface area contributed by atoms with Crippen molar-refractivity contribution in [2.24, 2.45) is 0 Å². The molecule has 0 amide bonds. The highest BCUT2D eigenvalue weighted by molar-refractivity contribution is 7.89. The van der Waals surface area contributed by atoms with E-state index in [4.69, 9.17) is 0 Å². The van der Waals surface area contributed by atoms with Gasteiger partial charge in [0.2, 0.25) is 10.0 Å². The quantitative estimate of drug-likeness (QED) is 0.828. The molecule has 0 saturated heterocycles. The van der Waals surface area contributed by atoms with E-state index in [0.29, 0.717) is 12.1 Å². The van der Waals surface area contributed by atoms with Crippen molar-refractivity contribution in [2.75, 3.05) is 7.11 Å². The number of carbonyl (C=O) groups is 1. The molecule has 8 heteroatoms. The first-order valence-corrected chi connectivity index (χ1v) is 6.85. The van der Waals surface area contributed by atoms with Gasteiger partial charge in [-0.2, -0.15) is 4.72 Å². The van der Waals surface area contributed by atoms with E-state index in [2.05, 4.69) is 9.46 Å². The predicted octanol–water partition coefficient (Wildman–Crippen LogP) is 1.19. The highest BCUT2D eigenvalue weighted by Crippen LogP contribution is 2.14. The fourth-order valence-electron chi connectivity index (χ4n) is 1.34. The fourth-order valence-corrected chi connectivity index (χ4v) is 2.62. The average Bonchev–Trinajstić information content (AvgIpc) is 2.38. The molecule has 106 valence electrons. The molecular formula is C11H13F2NO4S. The number of carbonyl (C=O) groups excluding carboxylic acids is 1. The normalized spacial score (nSPS) is 13.1. The maximum Gasteiger partial charge on any atom is 0.323 e.